The van der Waals surface area contributed by atoms with Gasteiger partial charge < -0.3 is 21.1 Å². The van der Waals surface area contributed by atoms with E-state index in [0.717, 1.165) is 55.5 Å². The van der Waals surface area contributed by atoms with Crippen molar-refractivity contribution in [1.29, 1.82) is 5.26 Å². The minimum atomic E-state index is -0.0992. The highest BCUT2D eigenvalue weighted by Gasteiger charge is 2.55. The molecule has 196 valence electrons. The van der Waals surface area contributed by atoms with Crippen LogP contribution in [0.4, 0.5) is 11.8 Å². The van der Waals surface area contributed by atoms with E-state index >= 15 is 0 Å². The highest BCUT2D eigenvalue weighted by Crippen LogP contribution is 2.60. The van der Waals surface area contributed by atoms with Gasteiger partial charge in [-0.3, -0.25) is 0 Å². The average Bonchev–Trinajstić information content (AvgIpc) is 2.90. The second-order valence-corrected chi connectivity index (χ2v) is 12.4. The summed E-state index contributed by atoms with van der Waals surface area (Å²) in [6.07, 6.45) is 12.0. The van der Waals surface area contributed by atoms with Crippen LogP contribution in [0.25, 0.3) is 0 Å². The lowest BCUT2D eigenvalue weighted by Crippen LogP contribution is -2.61. The van der Waals surface area contributed by atoms with Crippen molar-refractivity contribution in [3.05, 3.63) is 46.6 Å². The van der Waals surface area contributed by atoms with Gasteiger partial charge in [-0.1, -0.05) is 29.8 Å². The van der Waals surface area contributed by atoms with Crippen LogP contribution in [-0.4, -0.2) is 39.8 Å². The first-order chi connectivity index (χ1) is 18.0. The monoisotopic (exact) mass is 520 g/mol. The number of benzene rings is 1. The second-order valence-electron chi connectivity index (χ2n) is 12.0. The fourth-order valence-electron chi connectivity index (χ4n) is 7.97. The molecule has 0 saturated heterocycles. The summed E-state index contributed by atoms with van der Waals surface area (Å²) in [5.41, 5.74) is 1.74. The second kappa shape index (κ2) is 10.4. The first-order valence-corrected chi connectivity index (χ1v) is 14.3. The molecule has 0 aliphatic heterocycles. The molecule has 7 nitrogen and oxygen atoms in total. The van der Waals surface area contributed by atoms with Crippen LogP contribution < -0.4 is 16.0 Å². The largest absolute Gasteiger partial charge is 0.393 e. The molecule has 1 aromatic carbocycles. The summed E-state index contributed by atoms with van der Waals surface area (Å²) >= 11 is 6.29. The molecular formula is C29H37ClN6O. The highest BCUT2D eigenvalue weighted by atomic mass is 35.5. The Morgan fingerprint density at radius 3 is 2.54 bits per heavy atom. The molecule has 2 aromatic rings. The zero-order valence-corrected chi connectivity index (χ0v) is 22.1. The lowest BCUT2D eigenvalue weighted by atomic mass is 9.47. The van der Waals surface area contributed by atoms with E-state index < -0.39 is 0 Å². The number of nitriles is 1. The first kappa shape index (κ1) is 24.9. The highest BCUT2D eigenvalue weighted by molar-refractivity contribution is 6.31. The van der Waals surface area contributed by atoms with Crippen LogP contribution >= 0.6 is 11.6 Å². The van der Waals surface area contributed by atoms with E-state index in [9.17, 15) is 10.4 Å². The van der Waals surface area contributed by atoms with E-state index in [1.165, 1.54) is 32.1 Å². The predicted octanol–water partition coefficient (Wildman–Crippen LogP) is 5.11. The predicted molar refractivity (Wildman–Crippen MR) is 145 cm³/mol. The Morgan fingerprint density at radius 2 is 1.81 bits per heavy atom. The lowest BCUT2D eigenvalue weighted by molar-refractivity contribution is -0.0737. The summed E-state index contributed by atoms with van der Waals surface area (Å²) in [6.45, 7) is 1.38. The standard InChI is InChI=1S/C29H37ClN6O/c30-25-4-2-1-3-19(25)15-32-28-33-16-22(14-31)27(36-28)34-17-29-11-18-9-20(12-29)26(21(10-18)13-29)35-23-5-7-24(37)8-6-23/h1-4,16,18,20-21,23-24,26,35,37H,5-13,15,17H2,(H2,32,33,34,36)/t18?,20-,21+,23?,24?,26?,29?. The number of halogens is 1. The third-order valence-corrected chi connectivity index (χ3v) is 9.83. The van der Waals surface area contributed by atoms with Crippen LogP contribution in [-0.2, 0) is 6.54 Å². The molecule has 37 heavy (non-hydrogen) atoms. The van der Waals surface area contributed by atoms with E-state index in [2.05, 4.69) is 32.0 Å². The van der Waals surface area contributed by atoms with Crippen molar-refractivity contribution in [2.24, 2.45) is 23.2 Å². The summed E-state index contributed by atoms with van der Waals surface area (Å²) in [4.78, 5) is 9.02. The van der Waals surface area contributed by atoms with Gasteiger partial charge in [0.2, 0.25) is 5.95 Å². The van der Waals surface area contributed by atoms with Crippen LogP contribution in [0.1, 0.15) is 68.9 Å². The van der Waals surface area contributed by atoms with Gasteiger partial charge in [-0.2, -0.15) is 10.2 Å². The molecular weight excluding hydrogens is 484 g/mol. The molecule has 0 amide bonds. The zero-order chi connectivity index (χ0) is 25.4. The quantitative estimate of drug-likeness (QED) is 0.383. The van der Waals surface area contributed by atoms with Crippen molar-refractivity contribution >= 4 is 23.4 Å². The number of hydrogen-bond acceptors (Lipinski definition) is 7. The number of anilines is 2. The van der Waals surface area contributed by atoms with E-state index in [0.29, 0.717) is 41.0 Å². The number of aliphatic hydroxyl groups excluding tert-OH is 1. The first-order valence-electron chi connectivity index (χ1n) is 13.9. The van der Waals surface area contributed by atoms with Crippen molar-refractivity contribution in [3.8, 4) is 6.07 Å². The van der Waals surface area contributed by atoms with Crippen LogP contribution in [0.2, 0.25) is 5.02 Å². The van der Waals surface area contributed by atoms with Crippen LogP contribution in [0, 0.1) is 34.5 Å². The SMILES string of the molecule is N#Cc1cnc(NCc2ccccc2Cl)nc1NCC12CC3C[C@H](C1)C(NC1CCC(O)CC1)[C@@H](C3)C2. The molecule has 1 heterocycles. The number of rotatable bonds is 8. The van der Waals surface area contributed by atoms with Gasteiger partial charge in [-0.15, -0.1) is 0 Å². The van der Waals surface area contributed by atoms with Crippen molar-refractivity contribution in [2.45, 2.75) is 82.5 Å². The number of nitrogens with one attached hydrogen (secondary N) is 3. The fourth-order valence-corrected chi connectivity index (χ4v) is 8.17. The molecule has 4 N–H and O–H groups in total. The summed E-state index contributed by atoms with van der Waals surface area (Å²) in [7, 11) is 0. The summed E-state index contributed by atoms with van der Waals surface area (Å²) < 4.78 is 0. The smallest absolute Gasteiger partial charge is 0.224 e. The number of aromatic nitrogens is 2. The minimum absolute atomic E-state index is 0.0992. The molecule has 4 bridgehead atoms. The van der Waals surface area contributed by atoms with Crippen molar-refractivity contribution in [1.82, 2.24) is 15.3 Å². The van der Waals surface area contributed by atoms with Gasteiger partial charge >= 0.3 is 0 Å². The van der Waals surface area contributed by atoms with Crippen molar-refractivity contribution in [2.75, 3.05) is 17.2 Å². The molecule has 7 rings (SSSR count). The number of hydrogen-bond donors (Lipinski definition) is 4. The Kier molecular flexibility index (Phi) is 7.00. The Morgan fingerprint density at radius 1 is 1.05 bits per heavy atom. The normalized spacial score (nSPS) is 34.2. The van der Waals surface area contributed by atoms with Gasteiger partial charge in [-0.25, -0.2) is 4.98 Å². The van der Waals surface area contributed by atoms with Gasteiger partial charge in [-0.05, 0) is 92.6 Å². The summed E-state index contributed by atoms with van der Waals surface area (Å²) in [5.74, 6) is 3.39. The molecule has 5 atom stereocenters. The number of nitrogens with zero attached hydrogens (tertiary/aromatic N) is 3. The topological polar surface area (TPSA) is 106 Å². The van der Waals surface area contributed by atoms with Gasteiger partial charge in [0, 0.05) is 30.2 Å². The Labute approximate surface area is 224 Å². The Hall–Kier alpha value is -2.40. The molecule has 0 spiro atoms. The van der Waals surface area contributed by atoms with Gasteiger partial charge in [0.25, 0.3) is 0 Å². The van der Waals surface area contributed by atoms with Gasteiger partial charge in [0.15, 0.2) is 0 Å². The average molecular weight is 521 g/mol. The van der Waals surface area contributed by atoms with E-state index in [4.69, 9.17) is 11.6 Å². The van der Waals surface area contributed by atoms with E-state index in [1.807, 2.05) is 24.3 Å². The minimum Gasteiger partial charge on any atom is -0.393 e. The third kappa shape index (κ3) is 5.30. The molecule has 8 heteroatoms. The van der Waals surface area contributed by atoms with Crippen LogP contribution in [0.3, 0.4) is 0 Å². The molecule has 0 radical (unpaired) electrons. The third-order valence-electron chi connectivity index (χ3n) is 9.46. The fraction of sp³-hybridized carbons (Fsp3) is 0.621. The molecule has 5 aliphatic rings. The summed E-state index contributed by atoms with van der Waals surface area (Å²) in [6, 6.07) is 11.2. The molecule has 5 fully saturated rings. The molecule has 5 saturated carbocycles. The van der Waals surface area contributed by atoms with E-state index in [-0.39, 0.29) is 11.5 Å². The molecule has 3 unspecified atom stereocenters. The zero-order valence-electron chi connectivity index (χ0n) is 21.3. The maximum Gasteiger partial charge on any atom is 0.224 e. The lowest BCUT2D eigenvalue weighted by Gasteiger charge is -2.61. The van der Waals surface area contributed by atoms with Crippen molar-refractivity contribution in [3.63, 3.8) is 0 Å². The van der Waals surface area contributed by atoms with Gasteiger partial charge in [0.1, 0.15) is 17.5 Å². The maximum atomic E-state index is 9.90. The van der Waals surface area contributed by atoms with E-state index in [1.54, 1.807) is 6.20 Å². The van der Waals surface area contributed by atoms with Crippen molar-refractivity contribution < 1.29 is 5.11 Å². The Balaban J connectivity index is 1.11. The number of aliphatic hydroxyl groups is 1. The van der Waals surface area contributed by atoms with Gasteiger partial charge in [0.05, 0.1) is 12.3 Å². The maximum absolute atomic E-state index is 9.90. The molecule has 1 aromatic heterocycles. The van der Waals surface area contributed by atoms with Crippen LogP contribution in [0.5, 0.6) is 0 Å². The molecule has 5 aliphatic carbocycles. The summed E-state index contributed by atoms with van der Waals surface area (Å²) in [5, 5.41) is 31.2. The van der Waals surface area contributed by atoms with Crippen LogP contribution in [0.15, 0.2) is 30.5 Å². The Bertz CT molecular complexity index is 1140.